The van der Waals surface area contributed by atoms with Gasteiger partial charge in [-0.2, -0.15) is 5.26 Å². The normalized spacial score (nSPS) is 13.6. The van der Waals surface area contributed by atoms with Gasteiger partial charge in [0.1, 0.15) is 5.15 Å². The van der Waals surface area contributed by atoms with Crippen molar-refractivity contribution < 1.29 is 4.79 Å². The van der Waals surface area contributed by atoms with Crippen LogP contribution in [0, 0.1) is 18.3 Å². The SMILES string of the molecule is Cc1cc2c3c(n(C(=O)NCc4ccnc(Cl)c4)c2cc1C#N)CCN(CC=Cc1ccc(Cl)cc1)C3. The first-order valence-electron chi connectivity index (χ1n) is 12.0. The van der Waals surface area contributed by atoms with E-state index in [-0.39, 0.29) is 6.03 Å². The molecule has 3 heterocycles. The average Bonchev–Trinajstić information content (AvgIpc) is 3.20. The molecule has 8 heteroatoms. The number of fused-ring (bicyclic) bond motifs is 3. The summed E-state index contributed by atoms with van der Waals surface area (Å²) in [5, 5.41) is 14.8. The standard InChI is InChI=1S/C29H25Cl2N5O/c1-19-13-24-25-18-35(11-2-3-20-4-6-23(30)7-5-20)12-9-26(25)36(27(24)15-22(19)16-32)29(37)34-17-21-8-10-33-28(31)14-21/h2-8,10,13-15H,9,11-12,17-18H2,1H3,(H,34,37). The molecule has 1 N–H and O–H groups in total. The molecular formula is C29H25Cl2N5O. The van der Waals surface area contributed by atoms with Crippen LogP contribution in [0.15, 0.2) is 60.8 Å². The Hall–Kier alpha value is -3.63. The highest BCUT2D eigenvalue weighted by Gasteiger charge is 2.27. The number of nitrogens with zero attached hydrogens (tertiary/aromatic N) is 4. The summed E-state index contributed by atoms with van der Waals surface area (Å²) in [5.41, 5.74) is 6.33. The van der Waals surface area contributed by atoms with E-state index in [0.717, 1.165) is 69.9 Å². The summed E-state index contributed by atoms with van der Waals surface area (Å²) in [4.78, 5) is 19.8. The number of nitriles is 1. The highest BCUT2D eigenvalue weighted by atomic mass is 35.5. The van der Waals surface area contributed by atoms with Crippen LogP contribution in [0.5, 0.6) is 0 Å². The topological polar surface area (TPSA) is 74.0 Å². The Balaban J connectivity index is 1.42. The van der Waals surface area contributed by atoms with Crippen molar-refractivity contribution in [2.45, 2.75) is 26.4 Å². The molecule has 2 aromatic heterocycles. The number of rotatable bonds is 5. The van der Waals surface area contributed by atoms with Gasteiger partial charge in [0.05, 0.1) is 17.1 Å². The van der Waals surface area contributed by atoms with Crippen LogP contribution in [0.4, 0.5) is 4.79 Å². The number of hydrogen-bond acceptors (Lipinski definition) is 4. The van der Waals surface area contributed by atoms with Gasteiger partial charge in [0.2, 0.25) is 0 Å². The minimum absolute atomic E-state index is 0.219. The minimum atomic E-state index is -0.219. The molecule has 0 radical (unpaired) electrons. The summed E-state index contributed by atoms with van der Waals surface area (Å²) < 4.78 is 1.74. The van der Waals surface area contributed by atoms with Crippen molar-refractivity contribution in [3.05, 3.63) is 104 Å². The van der Waals surface area contributed by atoms with Gasteiger partial charge in [-0.1, -0.05) is 47.5 Å². The lowest BCUT2D eigenvalue weighted by molar-refractivity contribution is 0.240. The smallest absolute Gasteiger partial charge is 0.326 e. The summed E-state index contributed by atoms with van der Waals surface area (Å²) in [7, 11) is 0. The molecular weight excluding hydrogens is 505 g/mol. The molecule has 37 heavy (non-hydrogen) atoms. The van der Waals surface area contributed by atoms with Crippen molar-refractivity contribution in [3.63, 3.8) is 0 Å². The summed E-state index contributed by atoms with van der Waals surface area (Å²) >= 11 is 12.0. The number of carbonyl (C=O) groups excluding carboxylic acids is 1. The Labute approximate surface area is 225 Å². The highest BCUT2D eigenvalue weighted by molar-refractivity contribution is 6.30. The van der Waals surface area contributed by atoms with Crippen LogP contribution < -0.4 is 5.32 Å². The largest absolute Gasteiger partial charge is 0.333 e. The van der Waals surface area contributed by atoms with Gasteiger partial charge >= 0.3 is 6.03 Å². The molecule has 1 aliphatic rings. The van der Waals surface area contributed by atoms with E-state index in [1.165, 1.54) is 0 Å². The Bertz CT molecular complexity index is 1550. The van der Waals surface area contributed by atoms with Gasteiger partial charge in [0.15, 0.2) is 0 Å². The molecule has 1 amide bonds. The first kappa shape index (κ1) is 25.0. The number of carbonyl (C=O) groups is 1. The predicted molar refractivity (Wildman–Crippen MR) is 148 cm³/mol. The summed E-state index contributed by atoms with van der Waals surface area (Å²) in [6.07, 6.45) is 6.60. The van der Waals surface area contributed by atoms with Crippen LogP contribution in [-0.4, -0.2) is 33.6 Å². The maximum Gasteiger partial charge on any atom is 0.326 e. The van der Waals surface area contributed by atoms with Crippen LogP contribution in [0.25, 0.3) is 17.0 Å². The molecule has 0 bridgehead atoms. The Kier molecular flexibility index (Phi) is 7.29. The van der Waals surface area contributed by atoms with Crippen LogP contribution in [0.2, 0.25) is 10.2 Å². The Morgan fingerprint density at radius 3 is 2.76 bits per heavy atom. The molecule has 0 saturated carbocycles. The van der Waals surface area contributed by atoms with E-state index >= 15 is 0 Å². The molecule has 0 saturated heterocycles. The van der Waals surface area contributed by atoms with E-state index in [4.69, 9.17) is 23.2 Å². The minimum Gasteiger partial charge on any atom is -0.333 e. The van der Waals surface area contributed by atoms with Crippen molar-refractivity contribution in [2.24, 2.45) is 0 Å². The van der Waals surface area contributed by atoms with Gasteiger partial charge in [0.25, 0.3) is 0 Å². The molecule has 6 nitrogen and oxygen atoms in total. The molecule has 0 spiro atoms. The number of aromatic nitrogens is 2. The Morgan fingerprint density at radius 1 is 1.19 bits per heavy atom. The molecule has 4 aromatic rings. The average molecular weight is 530 g/mol. The molecule has 0 aliphatic carbocycles. The molecule has 0 unspecified atom stereocenters. The van der Waals surface area contributed by atoms with E-state index < -0.39 is 0 Å². The van der Waals surface area contributed by atoms with Gasteiger partial charge in [-0.05, 0) is 65.6 Å². The number of pyridine rings is 1. The van der Waals surface area contributed by atoms with Crippen LogP contribution in [-0.2, 0) is 19.5 Å². The van der Waals surface area contributed by atoms with Crippen molar-refractivity contribution in [1.29, 1.82) is 5.26 Å². The van der Waals surface area contributed by atoms with Gasteiger partial charge in [-0.3, -0.25) is 9.47 Å². The number of hydrogen-bond donors (Lipinski definition) is 1. The number of halogens is 2. The Morgan fingerprint density at radius 2 is 2.00 bits per heavy atom. The highest BCUT2D eigenvalue weighted by Crippen LogP contribution is 2.33. The number of nitrogens with one attached hydrogen (secondary N) is 1. The lowest BCUT2D eigenvalue weighted by Crippen LogP contribution is -2.34. The lowest BCUT2D eigenvalue weighted by atomic mass is 10.0. The summed E-state index contributed by atoms with van der Waals surface area (Å²) in [5.74, 6) is 0. The number of benzene rings is 2. The number of aryl methyl sites for hydroxylation is 1. The van der Waals surface area contributed by atoms with Crippen molar-refractivity contribution in [2.75, 3.05) is 13.1 Å². The quantitative estimate of drug-likeness (QED) is 0.305. The van der Waals surface area contributed by atoms with E-state index in [2.05, 4.69) is 33.4 Å². The van der Waals surface area contributed by atoms with Crippen molar-refractivity contribution >= 4 is 46.2 Å². The zero-order chi connectivity index (χ0) is 25.9. The van der Waals surface area contributed by atoms with Gasteiger partial charge in [-0.15, -0.1) is 0 Å². The van der Waals surface area contributed by atoms with E-state index in [1.807, 2.05) is 49.4 Å². The van der Waals surface area contributed by atoms with E-state index in [0.29, 0.717) is 17.3 Å². The van der Waals surface area contributed by atoms with Gasteiger partial charge in [-0.25, -0.2) is 9.78 Å². The third-order valence-corrected chi connectivity index (χ3v) is 7.13. The predicted octanol–water partition coefficient (Wildman–Crippen LogP) is 6.35. The second kappa shape index (κ2) is 10.8. The van der Waals surface area contributed by atoms with Crippen LogP contribution >= 0.6 is 23.2 Å². The van der Waals surface area contributed by atoms with Gasteiger partial charge < -0.3 is 5.32 Å². The fourth-order valence-electron chi connectivity index (χ4n) is 4.79. The monoisotopic (exact) mass is 529 g/mol. The fraction of sp³-hybridized carbons (Fsp3) is 0.207. The maximum absolute atomic E-state index is 13.5. The summed E-state index contributed by atoms with van der Waals surface area (Å²) in [6.45, 7) is 4.60. The second-order valence-corrected chi connectivity index (χ2v) is 9.96. The fourth-order valence-corrected chi connectivity index (χ4v) is 5.12. The van der Waals surface area contributed by atoms with Crippen molar-refractivity contribution in [3.8, 4) is 6.07 Å². The van der Waals surface area contributed by atoms with E-state index in [9.17, 15) is 10.1 Å². The second-order valence-electron chi connectivity index (χ2n) is 9.14. The molecule has 0 atom stereocenters. The third kappa shape index (κ3) is 5.40. The van der Waals surface area contributed by atoms with Crippen LogP contribution in [0.3, 0.4) is 0 Å². The molecule has 2 aromatic carbocycles. The van der Waals surface area contributed by atoms with Crippen molar-refractivity contribution in [1.82, 2.24) is 19.8 Å². The zero-order valence-corrected chi connectivity index (χ0v) is 21.9. The number of amides is 1. The van der Waals surface area contributed by atoms with Crippen LogP contribution in [0.1, 0.15) is 33.5 Å². The van der Waals surface area contributed by atoms with Gasteiger partial charge in [0, 0.05) is 54.9 Å². The maximum atomic E-state index is 13.5. The first-order valence-corrected chi connectivity index (χ1v) is 12.8. The molecule has 186 valence electrons. The first-order chi connectivity index (χ1) is 17.9. The molecule has 5 rings (SSSR count). The zero-order valence-electron chi connectivity index (χ0n) is 20.3. The lowest BCUT2D eigenvalue weighted by Gasteiger charge is -2.27. The summed E-state index contributed by atoms with van der Waals surface area (Å²) in [6, 6.07) is 17.2. The molecule has 1 aliphatic heterocycles. The van der Waals surface area contributed by atoms with E-state index in [1.54, 1.807) is 16.8 Å². The molecule has 0 fully saturated rings. The third-order valence-electron chi connectivity index (χ3n) is 6.68.